The van der Waals surface area contributed by atoms with Crippen molar-refractivity contribution in [1.29, 1.82) is 0 Å². The third kappa shape index (κ3) is 5.47. The van der Waals surface area contributed by atoms with Crippen molar-refractivity contribution in [2.24, 2.45) is 17.8 Å². The summed E-state index contributed by atoms with van der Waals surface area (Å²) in [6.45, 7) is 0.625. The van der Waals surface area contributed by atoms with E-state index >= 15 is 0 Å². The molecule has 3 heterocycles. The number of benzene rings is 2. The molecule has 1 aliphatic carbocycles. The molecule has 2 amide bonds. The molecule has 10 heteroatoms. The molecular weight excluding hydrogens is 550 g/mol. The van der Waals surface area contributed by atoms with Crippen LogP contribution in [0, 0.1) is 27.9 Å². The van der Waals surface area contributed by atoms with Crippen LogP contribution in [-0.2, 0) is 19.1 Å². The number of amides is 2. The Hall–Kier alpha value is -4.67. The second kappa shape index (κ2) is 11.9. The van der Waals surface area contributed by atoms with Crippen molar-refractivity contribution in [3.05, 3.63) is 105 Å². The number of nitro groups is 1. The Morgan fingerprint density at radius 3 is 2.65 bits per heavy atom. The van der Waals surface area contributed by atoms with E-state index in [1.54, 1.807) is 31.5 Å². The Kier molecular flexibility index (Phi) is 7.88. The number of hydrogen-bond acceptors (Lipinski definition) is 8. The van der Waals surface area contributed by atoms with Crippen LogP contribution in [0.2, 0.25) is 0 Å². The van der Waals surface area contributed by atoms with Crippen molar-refractivity contribution in [1.82, 2.24) is 4.98 Å². The van der Waals surface area contributed by atoms with Gasteiger partial charge in [-0.15, -0.1) is 0 Å². The van der Waals surface area contributed by atoms with Crippen LogP contribution in [0.4, 0.5) is 11.4 Å². The van der Waals surface area contributed by atoms with E-state index in [0.29, 0.717) is 32.5 Å². The number of nitrogens with zero attached hydrogens (tertiary/aromatic N) is 3. The average molecular weight is 582 g/mol. The number of nitro benzene ring substituents is 1. The van der Waals surface area contributed by atoms with E-state index in [0.717, 1.165) is 32.9 Å². The number of carbonyl (C=O) groups excluding carboxylic acids is 2. The number of allylic oxidation sites excluding steroid dienone is 1. The first-order chi connectivity index (χ1) is 20.9. The number of anilines is 1. The SMILES string of the molecule is COCC1=C2[C@@H](CC/C(=C/c3ccc(O)cc3)c3ccccn3)OC[C@@H]2[C@@H]2C(=O)N(c3cccc([N+](=O)[O-])c3)C(=O)[C@@H]2C1. The van der Waals surface area contributed by atoms with Gasteiger partial charge in [0.1, 0.15) is 5.75 Å². The molecule has 0 saturated carbocycles. The molecule has 2 saturated heterocycles. The quantitative estimate of drug-likeness (QED) is 0.158. The van der Waals surface area contributed by atoms with Gasteiger partial charge in [0.25, 0.3) is 5.69 Å². The maximum atomic E-state index is 13.8. The molecule has 3 aromatic rings. The minimum atomic E-state index is -0.602. The average Bonchev–Trinajstić information content (AvgIpc) is 3.55. The highest BCUT2D eigenvalue weighted by atomic mass is 16.6. The van der Waals surface area contributed by atoms with Gasteiger partial charge in [0.2, 0.25) is 11.8 Å². The number of hydrogen-bond donors (Lipinski definition) is 1. The monoisotopic (exact) mass is 581 g/mol. The molecule has 2 aliphatic heterocycles. The number of methoxy groups -OCH3 is 1. The van der Waals surface area contributed by atoms with Crippen LogP contribution in [0.1, 0.15) is 30.5 Å². The van der Waals surface area contributed by atoms with E-state index in [1.165, 1.54) is 18.2 Å². The smallest absolute Gasteiger partial charge is 0.271 e. The van der Waals surface area contributed by atoms with Crippen molar-refractivity contribution < 1.29 is 29.1 Å². The van der Waals surface area contributed by atoms with Crippen LogP contribution in [-0.4, -0.2) is 53.3 Å². The summed E-state index contributed by atoms with van der Waals surface area (Å²) in [5, 5.41) is 21.1. The van der Waals surface area contributed by atoms with Crippen LogP contribution >= 0.6 is 0 Å². The molecule has 6 rings (SSSR count). The number of phenols is 1. The maximum Gasteiger partial charge on any atom is 0.271 e. The fourth-order valence-electron chi connectivity index (χ4n) is 6.67. The number of imide groups is 1. The summed E-state index contributed by atoms with van der Waals surface area (Å²) < 4.78 is 11.9. The maximum absolute atomic E-state index is 13.8. The second-order valence-corrected chi connectivity index (χ2v) is 11.1. The summed E-state index contributed by atoms with van der Waals surface area (Å²) in [6, 6.07) is 18.4. The van der Waals surface area contributed by atoms with Crippen LogP contribution < -0.4 is 4.90 Å². The molecule has 0 bridgehead atoms. The summed E-state index contributed by atoms with van der Waals surface area (Å²) in [4.78, 5) is 43.9. The third-order valence-electron chi connectivity index (χ3n) is 8.53. The van der Waals surface area contributed by atoms with Crippen LogP contribution in [0.5, 0.6) is 5.75 Å². The summed E-state index contributed by atoms with van der Waals surface area (Å²) in [6.07, 6.45) is 5.17. The van der Waals surface area contributed by atoms with Crippen LogP contribution in [0.3, 0.4) is 0 Å². The molecule has 220 valence electrons. The molecular formula is C33H31N3O7. The van der Waals surface area contributed by atoms with Gasteiger partial charge in [-0.05, 0) is 78.0 Å². The number of non-ortho nitro benzene ring substituents is 1. The van der Waals surface area contributed by atoms with Crippen LogP contribution in [0.15, 0.2) is 84.1 Å². The molecule has 0 spiro atoms. The molecule has 0 radical (unpaired) electrons. The fourth-order valence-corrected chi connectivity index (χ4v) is 6.67. The van der Waals surface area contributed by atoms with E-state index in [4.69, 9.17) is 9.47 Å². The van der Waals surface area contributed by atoms with Crippen LogP contribution in [0.25, 0.3) is 11.6 Å². The minimum Gasteiger partial charge on any atom is -0.508 e. The Morgan fingerprint density at radius 1 is 1.12 bits per heavy atom. The Balaban J connectivity index is 1.28. The molecule has 4 atom stereocenters. The van der Waals surface area contributed by atoms with E-state index in [9.17, 15) is 24.8 Å². The van der Waals surface area contributed by atoms with Gasteiger partial charge in [0.15, 0.2) is 0 Å². The summed E-state index contributed by atoms with van der Waals surface area (Å²) in [7, 11) is 1.61. The normalized spacial score (nSPS) is 23.5. The summed E-state index contributed by atoms with van der Waals surface area (Å²) in [5.41, 5.74) is 4.80. The lowest BCUT2D eigenvalue weighted by Gasteiger charge is -2.31. The zero-order valence-corrected chi connectivity index (χ0v) is 23.6. The molecule has 0 unspecified atom stereocenters. The van der Waals surface area contributed by atoms with Crippen molar-refractivity contribution in [3.8, 4) is 5.75 Å². The standard InChI is InChI=1S/C33H31N3O7/c1-42-18-22-16-26-31(33(39)35(32(26)38)23-5-4-6-24(17-23)36(40)41)27-19-43-29(30(22)27)13-10-21(28-7-2-3-14-34-28)15-20-8-11-25(37)12-9-20/h2-9,11-12,14-15,17,26-27,29,31,37H,10,13,16,18-19H2,1H3/b21-15-/t26-,27+,29-,31-/m1/s1. The summed E-state index contributed by atoms with van der Waals surface area (Å²) >= 11 is 0. The van der Waals surface area contributed by atoms with Crippen molar-refractivity contribution in [2.45, 2.75) is 25.4 Å². The van der Waals surface area contributed by atoms with E-state index in [1.807, 2.05) is 36.4 Å². The number of aromatic nitrogens is 1. The highest BCUT2D eigenvalue weighted by Gasteiger charge is 2.57. The van der Waals surface area contributed by atoms with Gasteiger partial charge in [-0.2, -0.15) is 0 Å². The lowest BCUT2D eigenvalue weighted by atomic mass is 9.69. The number of aromatic hydroxyl groups is 1. The number of fused-ring (bicyclic) bond motifs is 3. The number of phenolic OH excluding ortho intramolecular Hbond substituents is 1. The molecule has 1 aromatic heterocycles. The first-order valence-corrected chi connectivity index (χ1v) is 14.2. The van der Waals surface area contributed by atoms with Gasteiger partial charge in [-0.3, -0.25) is 24.7 Å². The highest BCUT2D eigenvalue weighted by molar-refractivity contribution is 6.22. The van der Waals surface area contributed by atoms with Crippen molar-refractivity contribution >= 4 is 34.8 Å². The highest BCUT2D eigenvalue weighted by Crippen LogP contribution is 2.51. The fraction of sp³-hybridized carbons (Fsp3) is 0.303. The number of rotatable bonds is 9. The topological polar surface area (TPSA) is 132 Å². The van der Waals surface area contributed by atoms with Crippen molar-refractivity contribution in [2.75, 3.05) is 25.2 Å². The van der Waals surface area contributed by atoms with E-state index in [2.05, 4.69) is 4.98 Å². The second-order valence-electron chi connectivity index (χ2n) is 11.1. The Bertz CT molecular complexity index is 1620. The Morgan fingerprint density at radius 2 is 1.93 bits per heavy atom. The molecule has 2 fully saturated rings. The molecule has 2 aromatic carbocycles. The first kappa shape index (κ1) is 28.4. The van der Waals surface area contributed by atoms with Gasteiger partial charge in [-0.25, -0.2) is 4.90 Å². The number of ether oxygens (including phenoxy) is 2. The van der Waals surface area contributed by atoms with Gasteiger partial charge in [0.05, 0.1) is 47.5 Å². The lowest BCUT2D eigenvalue weighted by Crippen LogP contribution is -2.35. The first-order valence-electron chi connectivity index (χ1n) is 14.2. The van der Waals surface area contributed by atoms with Gasteiger partial charge < -0.3 is 14.6 Å². The number of pyridine rings is 1. The third-order valence-corrected chi connectivity index (χ3v) is 8.53. The van der Waals surface area contributed by atoms with Gasteiger partial charge in [0, 0.05) is 31.4 Å². The van der Waals surface area contributed by atoms with E-state index < -0.39 is 16.8 Å². The molecule has 3 aliphatic rings. The zero-order chi connectivity index (χ0) is 30.1. The zero-order valence-electron chi connectivity index (χ0n) is 23.6. The van der Waals surface area contributed by atoms with E-state index in [-0.39, 0.29) is 41.0 Å². The van der Waals surface area contributed by atoms with Gasteiger partial charge in [-0.1, -0.05) is 24.3 Å². The predicted octanol–water partition coefficient (Wildman–Crippen LogP) is 5.18. The number of carbonyl (C=O) groups is 2. The van der Waals surface area contributed by atoms with Crippen molar-refractivity contribution in [3.63, 3.8) is 0 Å². The molecule has 10 nitrogen and oxygen atoms in total. The largest absolute Gasteiger partial charge is 0.508 e. The summed E-state index contributed by atoms with van der Waals surface area (Å²) in [5.74, 6) is -1.96. The minimum absolute atomic E-state index is 0.180. The Labute approximate surface area is 248 Å². The lowest BCUT2D eigenvalue weighted by molar-refractivity contribution is -0.384. The molecule has 1 N–H and O–H groups in total. The predicted molar refractivity (Wildman–Crippen MR) is 159 cm³/mol. The molecule has 43 heavy (non-hydrogen) atoms. The van der Waals surface area contributed by atoms with Gasteiger partial charge >= 0.3 is 0 Å².